The fraction of sp³-hybridized carbons (Fsp3) is 0.370. The third-order valence-electron chi connectivity index (χ3n) is 6.46. The number of amides is 2. The number of likely N-dealkylation sites (tertiary alicyclic amines) is 1. The van der Waals surface area contributed by atoms with E-state index >= 15 is 0 Å². The molecule has 2 heterocycles. The van der Waals surface area contributed by atoms with Crippen LogP contribution in [-0.4, -0.2) is 85.6 Å². The first kappa shape index (κ1) is 26.2. The van der Waals surface area contributed by atoms with Gasteiger partial charge in [0.15, 0.2) is 6.61 Å². The van der Waals surface area contributed by atoms with Crippen molar-refractivity contribution in [1.82, 2.24) is 9.80 Å². The zero-order valence-corrected chi connectivity index (χ0v) is 20.7. The van der Waals surface area contributed by atoms with Gasteiger partial charge in [0.05, 0.1) is 31.9 Å². The maximum absolute atomic E-state index is 13.2. The molecule has 0 bridgehead atoms. The Kier molecular flexibility index (Phi) is 8.42. The topological polar surface area (TPSA) is 132 Å². The molecule has 2 saturated heterocycles. The predicted octanol–water partition coefficient (Wildman–Crippen LogP) is 1.70. The maximum atomic E-state index is 13.2. The number of ketones is 1. The number of hydrogen-bond donors (Lipinski definition) is 2. The minimum atomic E-state index is -0.781. The Morgan fingerprint density at radius 3 is 2.30 bits per heavy atom. The van der Waals surface area contributed by atoms with Crippen molar-refractivity contribution in [3.63, 3.8) is 0 Å². The van der Waals surface area contributed by atoms with E-state index in [1.165, 1.54) is 12.0 Å². The number of nitrogens with zero attached hydrogens (tertiary/aromatic N) is 2. The van der Waals surface area contributed by atoms with Crippen LogP contribution in [-0.2, 0) is 19.1 Å². The average molecular weight is 510 g/mol. The van der Waals surface area contributed by atoms with Crippen molar-refractivity contribution in [1.29, 1.82) is 0 Å². The Bertz CT molecular complexity index is 1160. The molecule has 1 atom stereocenters. The predicted molar refractivity (Wildman–Crippen MR) is 135 cm³/mol. The smallest absolute Gasteiger partial charge is 0.295 e. The Morgan fingerprint density at radius 2 is 1.68 bits per heavy atom. The van der Waals surface area contributed by atoms with Gasteiger partial charge in [0.2, 0.25) is 0 Å². The van der Waals surface area contributed by atoms with E-state index in [-0.39, 0.29) is 17.9 Å². The van der Waals surface area contributed by atoms with E-state index < -0.39 is 23.6 Å². The third-order valence-corrected chi connectivity index (χ3v) is 6.46. The minimum Gasteiger partial charge on any atom is -0.507 e. The Balaban J connectivity index is 1.64. The van der Waals surface area contributed by atoms with E-state index in [9.17, 15) is 19.5 Å². The highest BCUT2D eigenvalue weighted by Gasteiger charge is 2.45. The number of ether oxygens (including phenoxy) is 3. The first-order valence-electron chi connectivity index (χ1n) is 12.1. The summed E-state index contributed by atoms with van der Waals surface area (Å²) < 4.78 is 15.9. The molecule has 2 aromatic rings. The molecule has 37 heavy (non-hydrogen) atoms. The molecule has 2 fully saturated rings. The van der Waals surface area contributed by atoms with Gasteiger partial charge in [-0.3, -0.25) is 19.3 Å². The molecule has 10 heteroatoms. The van der Waals surface area contributed by atoms with Crippen molar-refractivity contribution in [2.75, 3.05) is 53.1 Å². The van der Waals surface area contributed by atoms with Crippen LogP contribution in [0.1, 0.15) is 23.6 Å². The Hall–Kier alpha value is -3.89. The van der Waals surface area contributed by atoms with Gasteiger partial charge in [-0.25, -0.2) is 0 Å². The molecular weight excluding hydrogens is 478 g/mol. The zero-order valence-electron chi connectivity index (χ0n) is 20.7. The quantitative estimate of drug-likeness (QED) is 0.281. The minimum absolute atomic E-state index is 0.0207. The normalized spacial score (nSPS) is 19.7. The number of carbonyl (C=O) groups excluding carboxylic acids is 3. The number of hydrogen-bond acceptors (Lipinski definition) is 8. The van der Waals surface area contributed by atoms with Gasteiger partial charge in [-0.2, -0.15) is 0 Å². The molecule has 4 rings (SSSR count). The number of Topliss-reactive ketones (excluding diaryl/α,β-unsaturated/α-hetero) is 1. The third kappa shape index (κ3) is 6.10. The van der Waals surface area contributed by atoms with Crippen molar-refractivity contribution >= 4 is 23.4 Å². The molecule has 2 aliphatic heterocycles. The average Bonchev–Trinajstić information content (AvgIpc) is 3.17. The fourth-order valence-corrected chi connectivity index (χ4v) is 4.55. The lowest BCUT2D eigenvalue weighted by Gasteiger charge is -2.29. The van der Waals surface area contributed by atoms with E-state index in [1.54, 1.807) is 48.5 Å². The Morgan fingerprint density at radius 1 is 1.03 bits per heavy atom. The number of methoxy groups -OCH3 is 1. The summed E-state index contributed by atoms with van der Waals surface area (Å²) in [4.78, 5) is 41.2. The molecule has 0 aromatic heterocycles. The second kappa shape index (κ2) is 11.9. The number of carbonyl (C=O) groups is 3. The molecular formula is C27H31N3O7. The monoisotopic (exact) mass is 509 g/mol. The summed E-state index contributed by atoms with van der Waals surface area (Å²) in [7, 11) is 1.54. The van der Waals surface area contributed by atoms with Gasteiger partial charge >= 0.3 is 0 Å². The molecule has 10 nitrogen and oxygen atoms in total. The van der Waals surface area contributed by atoms with Gasteiger partial charge in [0.1, 0.15) is 17.3 Å². The van der Waals surface area contributed by atoms with E-state index in [1.807, 2.05) is 0 Å². The first-order valence-corrected chi connectivity index (χ1v) is 12.1. The largest absolute Gasteiger partial charge is 0.507 e. The van der Waals surface area contributed by atoms with Crippen molar-refractivity contribution in [3.8, 4) is 11.5 Å². The molecule has 0 aliphatic carbocycles. The molecule has 0 saturated carbocycles. The van der Waals surface area contributed by atoms with Crippen molar-refractivity contribution in [3.05, 3.63) is 65.2 Å². The molecule has 2 aromatic carbocycles. The summed E-state index contributed by atoms with van der Waals surface area (Å²) in [6.07, 6.45) is 0.659. The maximum Gasteiger partial charge on any atom is 0.295 e. The van der Waals surface area contributed by atoms with Crippen LogP contribution in [0.5, 0.6) is 11.5 Å². The summed E-state index contributed by atoms with van der Waals surface area (Å²) in [6.45, 7) is 3.84. The Labute approximate surface area is 215 Å². The lowest BCUT2D eigenvalue weighted by atomic mass is 9.95. The van der Waals surface area contributed by atoms with Gasteiger partial charge in [-0.05, 0) is 48.4 Å². The fourth-order valence-electron chi connectivity index (χ4n) is 4.55. The van der Waals surface area contributed by atoms with Gasteiger partial charge in [-0.1, -0.05) is 12.1 Å². The second-order valence-corrected chi connectivity index (χ2v) is 8.85. The number of rotatable bonds is 10. The summed E-state index contributed by atoms with van der Waals surface area (Å²) >= 11 is 0. The highest BCUT2D eigenvalue weighted by Crippen LogP contribution is 2.40. The van der Waals surface area contributed by atoms with Gasteiger partial charge in [-0.15, -0.1) is 0 Å². The summed E-state index contributed by atoms with van der Waals surface area (Å²) in [6, 6.07) is 12.5. The molecule has 0 unspecified atom stereocenters. The van der Waals surface area contributed by atoms with Gasteiger partial charge < -0.3 is 30.0 Å². The second-order valence-electron chi connectivity index (χ2n) is 8.85. The lowest BCUT2D eigenvalue weighted by Crippen LogP contribution is -2.38. The van der Waals surface area contributed by atoms with Crippen molar-refractivity contribution in [2.45, 2.75) is 12.5 Å². The molecule has 3 N–H and O–H groups in total. The molecule has 2 aliphatic rings. The first-order chi connectivity index (χ1) is 17.9. The number of aliphatic hydroxyl groups is 1. The molecule has 196 valence electrons. The van der Waals surface area contributed by atoms with Crippen LogP contribution in [0.25, 0.3) is 5.76 Å². The zero-order chi connectivity index (χ0) is 26.4. The van der Waals surface area contributed by atoms with Crippen LogP contribution >= 0.6 is 0 Å². The van der Waals surface area contributed by atoms with Gasteiger partial charge in [0.25, 0.3) is 17.6 Å². The number of benzene rings is 2. The van der Waals surface area contributed by atoms with Crippen LogP contribution in [0.3, 0.4) is 0 Å². The van der Waals surface area contributed by atoms with Crippen molar-refractivity contribution in [2.24, 2.45) is 5.73 Å². The van der Waals surface area contributed by atoms with E-state index in [0.717, 1.165) is 19.6 Å². The summed E-state index contributed by atoms with van der Waals surface area (Å²) in [5, 5.41) is 11.2. The summed E-state index contributed by atoms with van der Waals surface area (Å²) in [5.41, 5.74) is 6.20. The highest BCUT2D eigenvalue weighted by atomic mass is 16.5. The molecule has 2 amide bonds. The standard InChI is InChI=1S/C27H31N3O7/c1-35-20-7-5-19(6-8-20)25(32)23-24(18-3-9-21(10-4-18)37-17-22(28)31)30(27(34)26(23)33)12-2-11-29-13-15-36-16-14-29/h3-10,24,32H,2,11-17H2,1H3,(H2,28,31)/t24-/m1/s1. The van der Waals surface area contributed by atoms with Crippen LogP contribution in [0.15, 0.2) is 54.1 Å². The number of aliphatic hydroxyl groups excluding tert-OH is 1. The van der Waals surface area contributed by atoms with E-state index in [4.69, 9.17) is 19.9 Å². The van der Waals surface area contributed by atoms with E-state index in [2.05, 4.69) is 4.90 Å². The molecule has 0 spiro atoms. The number of primary amides is 1. The van der Waals surface area contributed by atoms with E-state index in [0.29, 0.717) is 48.8 Å². The van der Waals surface area contributed by atoms with Crippen LogP contribution in [0.4, 0.5) is 0 Å². The van der Waals surface area contributed by atoms with Gasteiger partial charge in [0, 0.05) is 31.7 Å². The lowest BCUT2D eigenvalue weighted by molar-refractivity contribution is -0.140. The number of morpholine rings is 1. The van der Waals surface area contributed by atoms with Crippen LogP contribution in [0.2, 0.25) is 0 Å². The summed E-state index contributed by atoms with van der Waals surface area (Å²) in [5.74, 6) is -1.23. The molecule has 0 radical (unpaired) electrons. The van der Waals surface area contributed by atoms with Crippen LogP contribution in [0, 0.1) is 0 Å². The highest BCUT2D eigenvalue weighted by molar-refractivity contribution is 6.46. The SMILES string of the molecule is COc1ccc(C(O)=C2C(=O)C(=O)N(CCCN3CCOCC3)[C@@H]2c2ccc(OCC(N)=O)cc2)cc1. The van der Waals surface area contributed by atoms with Crippen molar-refractivity contribution < 1.29 is 33.7 Å². The number of nitrogens with two attached hydrogens (primary N) is 1. The van der Waals surface area contributed by atoms with Crippen LogP contribution < -0.4 is 15.2 Å².